The van der Waals surface area contributed by atoms with Gasteiger partial charge in [-0.25, -0.2) is 8.42 Å². The van der Waals surface area contributed by atoms with Gasteiger partial charge in [-0.15, -0.1) is 11.8 Å². The molecular formula is C24H25ClN2O6S2. The molecule has 3 aromatic carbocycles. The van der Waals surface area contributed by atoms with Gasteiger partial charge in [0.1, 0.15) is 22.1 Å². The third-order valence-corrected chi connectivity index (χ3v) is 7.60. The van der Waals surface area contributed by atoms with Crippen LogP contribution in [0.5, 0.6) is 17.2 Å². The quantitative estimate of drug-likeness (QED) is 0.339. The van der Waals surface area contributed by atoms with E-state index in [1.165, 1.54) is 63.4 Å². The molecule has 0 bridgehead atoms. The minimum atomic E-state index is -4.03. The summed E-state index contributed by atoms with van der Waals surface area (Å²) in [6.07, 6.45) is 0. The third-order valence-electron chi connectivity index (χ3n) is 4.82. The fourth-order valence-electron chi connectivity index (χ4n) is 3.06. The molecule has 0 spiro atoms. The maximum absolute atomic E-state index is 13.1. The molecule has 0 aliphatic heterocycles. The summed E-state index contributed by atoms with van der Waals surface area (Å²) in [5.41, 5.74) is 0.658. The van der Waals surface area contributed by atoms with Crippen molar-refractivity contribution in [2.75, 3.05) is 31.4 Å². The Morgan fingerprint density at radius 3 is 2.09 bits per heavy atom. The molecule has 0 saturated heterocycles. The summed E-state index contributed by atoms with van der Waals surface area (Å²) in [5, 5.41) is 3.00. The van der Waals surface area contributed by atoms with E-state index >= 15 is 0 Å². The summed E-state index contributed by atoms with van der Waals surface area (Å²) < 4.78 is 44.3. The molecule has 0 aromatic heterocycles. The van der Waals surface area contributed by atoms with Crippen LogP contribution in [-0.4, -0.2) is 40.9 Å². The van der Waals surface area contributed by atoms with E-state index in [0.29, 0.717) is 22.2 Å². The monoisotopic (exact) mass is 536 g/mol. The summed E-state index contributed by atoms with van der Waals surface area (Å²) in [6.45, 7) is 1.77. The van der Waals surface area contributed by atoms with E-state index < -0.39 is 15.3 Å². The maximum atomic E-state index is 13.1. The van der Waals surface area contributed by atoms with Crippen LogP contribution in [0.3, 0.4) is 0 Å². The Balaban J connectivity index is 1.77. The SMILES string of the molecule is COc1cc(NS(=O)(=O)c2ccc(NC(=O)[C@H](C)Sc3ccc(Cl)cc3)cc2OC)cc(OC)c1. The molecule has 3 rings (SSSR count). The average molecular weight is 537 g/mol. The molecule has 0 aliphatic rings. The van der Waals surface area contributed by atoms with Crippen LogP contribution < -0.4 is 24.2 Å². The molecule has 35 heavy (non-hydrogen) atoms. The third kappa shape index (κ3) is 6.97. The predicted molar refractivity (Wildman–Crippen MR) is 139 cm³/mol. The minimum absolute atomic E-state index is 0.0724. The fraction of sp³-hybridized carbons (Fsp3) is 0.208. The molecular weight excluding hydrogens is 512 g/mol. The molecule has 1 atom stereocenters. The normalized spacial score (nSPS) is 11.9. The van der Waals surface area contributed by atoms with Crippen LogP contribution in [-0.2, 0) is 14.8 Å². The van der Waals surface area contributed by atoms with E-state index in [1.54, 1.807) is 25.1 Å². The van der Waals surface area contributed by atoms with E-state index in [-0.39, 0.29) is 22.2 Å². The highest BCUT2D eigenvalue weighted by atomic mass is 35.5. The molecule has 8 nitrogen and oxygen atoms in total. The largest absolute Gasteiger partial charge is 0.497 e. The van der Waals surface area contributed by atoms with Crippen molar-refractivity contribution in [1.29, 1.82) is 0 Å². The molecule has 0 radical (unpaired) electrons. The summed E-state index contributed by atoms with van der Waals surface area (Å²) in [5.74, 6) is 0.683. The summed E-state index contributed by atoms with van der Waals surface area (Å²) in [6, 6.07) is 16.2. The molecule has 0 saturated carbocycles. The van der Waals surface area contributed by atoms with Gasteiger partial charge in [-0.3, -0.25) is 9.52 Å². The fourth-order valence-corrected chi connectivity index (χ4v) is 5.24. The number of anilines is 2. The summed E-state index contributed by atoms with van der Waals surface area (Å²) in [4.78, 5) is 13.5. The first kappa shape index (κ1) is 26.5. The van der Waals surface area contributed by atoms with Crippen molar-refractivity contribution >= 4 is 50.7 Å². The number of sulfonamides is 1. The number of hydrogen-bond acceptors (Lipinski definition) is 7. The number of thioether (sulfide) groups is 1. The van der Waals surface area contributed by atoms with Crippen molar-refractivity contribution in [3.63, 3.8) is 0 Å². The summed E-state index contributed by atoms with van der Waals surface area (Å²) in [7, 11) is 0.269. The predicted octanol–water partition coefficient (Wildman–Crippen LogP) is 5.29. The Kier molecular flexibility index (Phi) is 8.76. The summed E-state index contributed by atoms with van der Waals surface area (Å²) >= 11 is 7.28. The van der Waals surface area contributed by atoms with Crippen molar-refractivity contribution in [1.82, 2.24) is 0 Å². The van der Waals surface area contributed by atoms with Crippen LogP contribution in [0.2, 0.25) is 5.02 Å². The van der Waals surface area contributed by atoms with Crippen molar-refractivity contribution in [3.8, 4) is 17.2 Å². The van der Waals surface area contributed by atoms with Gasteiger partial charge in [-0.2, -0.15) is 0 Å². The van der Waals surface area contributed by atoms with Gasteiger partial charge in [0.15, 0.2) is 0 Å². The molecule has 0 heterocycles. The van der Waals surface area contributed by atoms with Crippen LogP contribution in [0, 0.1) is 0 Å². The minimum Gasteiger partial charge on any atom is -0.497 e. The Bertz CT molecular complexity index is 1280. The maximum Gasteiger partial charge on any atom is 0.265 e. The number of carbonyl (C=O) groups excluding carboxylic acids is 1. The number of halogens is 1. The average Bonchev–Trinajstić information content (AvgIpc) is 2.84. The zero-order valence-electron chi connectivity index (χ0n) is 19.5. The van der Waals surface area contributed by atoms with E-state index in [0.717, 1.165) is 4.90 Å². The number of methoxy groups -OCH3 is 3. The number of benzene rings is 3. The lowest BCUT2D eigenvalue weighted by Gasteiger charge is -2.16. The smallest absolute Gasteiger partial charge is 0.265 e. The number of carbonyl (C=O) groups is 1. The van der Waals surface area contributed by atoms with Gasteiger partial charge in [0, 0.05) is 39.9 Å². The highest BCUT2D eigenvalue weighted by Gasteiger charge is 2.22. The van der Waals surface area contributed by atoms with Crippen molar-refractivity contribution in [2.45, 2.75) is 22.0 Å². The molecule has 1 amide bonds. The first-order valence-corrected chi connectivity index (χ1v) is 13.1. The second kappa shape index (κ2) is 11.6. The topological polar surface area (TPSA) is 103 Å². The number of nitrogens with one attached hydrogen (secondary N) is 2. The number of hydrogen-bond donors (Lipinski definition) is 2. The molecule has 0 aliphatic carbocycles. The molecule has 11 heteroatoms. The van der Waals surface area contributed by atoms with Crippen LogP contribution in [0.4, 0.5) is 11.4 Å². The van der Waals surface area contributed by atoms with Crippen molar-refractivity contribution < 1.29 is 27.4 Å². The Hall–Kier alpha value is -3.08. The number of rotatable bonds is 10. The zero-order chi connectivity index (χ0) is 25.6. The molecule has 2 N–H and O–H groups in total. The first-order chi connectivity index (χ1) is 16.6. The Morgan fingerprint density at radius 2 is 1.51 bits per heavy atom. The highest BCUT2D eigenvalue weighted by Crippen LogP contribution is 2.32. The van der Waals surface area contributed by atoms with Gasteiger partial charge in [0.2, 0.25) is 5.91 Å². The van der Waals surface area contributed by atoms with Crippen LogP contribution in [0.15, 0.2) is 70.5 Å². The Labute approximate surface area is 214 Å². The zero-order valence-corrected chi connectivity index (χ0v) is 21.9. The lowest BCUT2D eigenvalue weighted by molar-refractivity contribution is -0.115. The number of ether oxygens (including phenoxy) is 3. The lowest BCUT2D eigenvalue weighted by Crippen LogP contribution is -2.22. The lowest BCUT2D eigenvalue weighted by atomic mass is 10.3. The van der Waals surface area contributed by atoms with Crippen LogP contribution >= 0.6 is 23.4 Å². The van der Waals surface area contributed by atoms with Crippen molar-refractivity contribution in [3.05, 3.63) is 65.7 Å². The second-order valence-corrected chi connectivity index (χ2v) is 10.8. The van der Waals surface area contributed by atoms with E-state index in [4.69, 9.17) is 25.8 Å². The van der Waals surface area contributed by atoms with Crippen LogP contribution in [0.1, 0.15) is 6.92 Å². The van der Waals surface area contributed by atoms with E-state index in [2.05, 4.69) is 10.0 Å². The number of amides is 1. The van der Waals surface area contributed by atoms with Gasteiger partial charge in [0.25, 0.3) is 10.0 Å². The van der Waals surface area contributed by atoms with Gasteiger partial charge < -0.3 is 19.5 Å². The van der Waals surface area contributed by atoms with E-state index in [9.17, 15) is 13.2 Å². The molecule has 3 aromatic rings. The van der Waals surface area contributed by atoms with Crippen molar-refractivity contribution in [2.24, 2.45) is 0 Å². The van der Waals surface area contributed by atoms with Gasteiger partial charge >= 0.3 is 0 Å². The first-order valence-electron chi connectivity index (χ1n) is 10.3. The highest BCUT2D eigenvalue weighted by molar-refractivity contribution is 8.00. The molecule has 186 valence electrons. The molecule has 0 unspecified atom stereocenters. The van der Waals surface area contributed by atoms with Crippen LogP contribution in [0.25, 0.3) is 0 Å². The standard InChI is InChI=1S/C24H25ClN2O6S2/c1-15(34-21-8-5-16(25)6-9-21)24(28)26-17-7-10-23(22(13-17)33-4)35(29,30)27-18-11-19(31-2)14-20(12-18)32-3/h5-15,27H,1-4H3,(H,26,28)/t15-/m0/s1. The van der Waals surface area contributed by atoms with E-state index in [1.807, 2.05) is 12.1 Å². The second-order valence-electron chi connectivity index (χ2n) is 7.28. The van der Waals surface area contributed by atoms with Gasteiger partial charge in [-0.05, 0) is 43.3 Å². The van der Waals surface area contributed by atoms with Gasteiger partial charge in [-0.1, -0.05) is 11.6 Å². The van der Waals surface area contributed by atoms with Gasteiger partial charge in [0.05, 0.1) is 32.3 Å². The Morgan fingerprint density at radius 1 is 0.886 bits per heavy atom. The molecule has 0 fully saturated rings.